The molecular formula is C27H29FN6O5S. The van der Waals surface area contributed by atoms with E-state index in [4.69, 9.17) is 9.26 Å². The predicted molar refractivity (Wildman–Crippen MR) is 142 cm³/mol. The van der Waals surface area contributed by atoms with Gasteiger partial charge in [0.15, 0.2) is 5.82 Å². The zero-order valence-corrected chi connectivity index (χ0v) is 23.1. The van der Waals surface area contributed by atoms with Crippen LogP contribution in [0.5, 0.6) is 5.88 Å². The van der Waals surface area contributed by atoms with Gasteiger partial charge in [0.05, 0.1) is 16.0 Å². The zero-order chi connectivity index (χ0) is 28.4. The fourth-order valence-corrected chi connectivity index (χ4v) is 5.69. The van der Waals surface area contributed by atoms with E-state index in [-0.39, 0.29) is 40.5 Å². The van der Waals surface area contributed by atoms with Gasteiger partial charge in [0.2, 0.25) is 17.7 Å². The van der Waals surface area contributed by atoms with E-state index < -0.39 is 21.7 Å². The molecule has 210 valence electrons. The molecule has 0 saturated heterocycles. The molecule has 4 aromatic rings. The minimum atomic E-state index is -4.20. The van der Waals surface area contributed by atoms with E-state index in [1.54, 1.807) is 6.07 Å². The van der Waals surface area contributed by atoms with E-state index in [1.807, 2.05) is 18.6 Å². The van der Waals surface area contributed by atoms with Gasteiger partial charge in [-0.05, 0) is 49.9 Å². The number of sulfonamides is 1. The fourth-order valence-electron chi connectivity index (χ4n) is 4.63. The van der Waals surface area contributed by atoms with Gasteiger partial charge in [0.1, 0.15) is 23.8 Å². The molecular weight excluding hydrogens is 539 g/mol. The van der Waals surface area contributed by atoms with Crippen LogP contribution >= 0.6 is 0 Å². The predicted octanol–water partition coefficient (Wildman–Crippen LogP) is 4.66. The van der Waals surface area contributed by atoms with E-state index in [1.165, 1.54) is 31.6 Å². The lowest BCUT2D eigenvalue weighted by Gasteiger charge is -2.27. The Balaban J connectivity index is 1.35. The maximum Gasteiger partial charge on any atom is 0.264 e. The van der Waals surface area contributed by atoms with Crippen LogP contribution in [0.4, 0.5) is 4.39 Å². The zero-order valence-electron chi connectivity index (χ0n) is 22.3. The molecule has 1 aliphatic carbocycles. The molecule has 0 atom stereocenters. The standard InChI is InChI=1S/C27H29FN6O5S/c1-4-22(35)34-40(36,37)18-9-10-19(21(28)13-18)23-24-20(11-12-29-23)27(31-14-30-24)38-17-7-5-16(6-8-17)26-32-25(15(2)3)33-39-26/h9-17H,4-8H2,1-3H3,(H,34,35). The van der Waals surface area contributed by atoms with Gasteiger partial charge >= 0.3 is 0 Å². The molecule has 5 rings (SSSR count). The van der Waals surface area contributed by atoms with Crippen LogP contribution in [0.25, 0.3) is 22.2 Å². The molecule has 11 nitrogen and oxygen atoms in total. The molecule has 1 saturated carbocycles. The molecule has 3 heterocycles. The summed E-state index contributed by atoms with van der Waals surface area (Å²) in [5.41, 5.74) is 0.628. The summed E-state index contributed by atoms with van der Waals surface area (Å²) in [5.74, 6) is 0.609. The summed E-state index contributed by atoms with van der Waals surface area (Å²) in [7, 11) is -4.20. The summed E-state index contributed by atoms with van der Waals surface area (Å²) in [5, 5.41) is 4.62. The number of fused-ring (bicyclic) bond motifs is 1. The number of amides is 1. The second-order valence-electron chi connectivity index (χ2n) is 10.00. The molecule has 13 heteroatoms. The third-order valence-electron chi connectivity index (χ3n) is 6.87. The number of nitrogens with one attached hydrogen (secondary N) is 1. The molecule has 0 spiro atoms. The van der Waals surface area contributed by atoms with Crippen LogP contribution in [0.3, 0.4) is 0 Å². The maximum atomic E-state index is 15.2. The number of benzene rings is 1. The summed E-state index contributed by atoms with van der Waals surface area (Å²) < 4.78 is 53.7. The highest BCUT2D eigenvalue weighted by atomic mass is 32.2. The summed E-state index contributed by atoms with van der Waals surface area (Å²) in [6.07, 6.45) is 5.93. The number of carbonyl (C=O) groups is 1. The van der Waals surface area contributed by atoms with Crippen molar-refractivity contribution in [2.24, 2.45) is 0 Å². The third-order valence-corrected chi connectivity index (χ3v) is 8.24. The highest BCUT2D eigenvalue weighted by molar-refractivity contribution is 7.90. The van der Waals surface area contributed by atoms with Crippen LogP contribution in [0, 0.1) is 5.82 Å². The number of carbonyl (C=O) groups excluding carboxylic acids is 1. The molecule has 1 aromatic carbocycles. The van der Waals surface area contributed by atoms with Crippen molar-refractivity contribution in [2.45, 2.75) is 75.7 Å². The lowest BCUT2D eigenvalue weighted by molar-refractivity contribution is -0.119. The summed E-state index contributed by atoms with van der Waals surface area (Å²) >= 11 is 0. The Morgan fingerprint density at radius 3 is 2.60 bits per heavy atom. The highest BCUT2D eigenvalue weighted by Gasteiger charge is 2.29. The Hall–Kier alpha value is -4.00. The summed E-state index contributed by atoms with van der Waals surface area (Å²) in [4.78, 5) is 28.7. The molecule has 1 aliphatic rings. The fraction of sp³-hybridized carbons (Fsp3) is 0.407. The van der Waals surface area contributed by atoms with Gasteiger partial charge in [0.25, 0.3) is 10.0 Å². The van der Waals surface area contributed by atoms with Crippen molar-refractivity contribution in [2.75, 3.05) is 0 Å². The summed E-state index contributed by atoms with van der Waals surface area (Å²) in [6.45, 7) is 5.56. The van der Waals surface area contributed by atoms with E-state index in [9.17, 15) is 13.2 Å². The molecule has 0 unspecified atom stereocenters. The van der Waals surface area contributed by atoms with Gasteiger partial charge in [-0.2, -0.15) is 4.98 Å². The number of aromatic nitrogens is 5. The first-order valence-electron chi connectivity index (χ1n) is 13.1. The van der Waals surface area contributed by atoms with Crippen molar-refractivity contribution in [1.82, 2.24) is 29.8 Å². The van der Waals surface area contributed by atoms with Gasteiger partial charge in [-0.1, -0.05) is 25.9 Å². The molecule has 0 radical (unpaired) electrons. The molecule has 1 amide bonds. The van der Waals surface area contributed by atoms with Gasteiger partial charge in [0, 0.05) is 30.0 Å². The van der Waals surface area contributed by atoms with Crippen LogP contribution < -0.4 is 9.46 Å². The maximum absolute atomic E-state index is 15.2. The van der Waals surface area contributed by atoms with Gasteiger partial charge in [-0.25, -0.2) is 27.5 Å². The van der Waals surface area contributed by atoms with Crippen molar-refractivity contribution in [3.63, 3.8) is 0 Å². The normalized spacial score (nSPS) is 17.7. The van der Waals surface area contributed by atoms with Crippen LogP contribution in [0.2, 0.25) is 0 Å². The van der Waals surface area contributed by atoms with Gasteiger partial charge < -0.3 is 9.26 Å². The minimum Gasteiger partial charge on any atom is -0.474 e. The monoisotopic (exact) mass is 568 g/mol. The summed E-state index contributed by atoms with van der Waals surface area (Å²) in [6, 6.07) is 5.07. The topological polar surface area (TPSA) is 150 Å². The Labute approximate surface area is 230 Å². The van der Waals surface area contributed by atoms with Crippen molar-refractivity contribution in [3.8, 4) is 17.1 Å². The SMILES string of the molecule is CCC(=O)NS(=O)(=O)c1ccc(-c2nccc3c(OC4CCC(c5nc(C(C)C)no5)CC4)ncnc23)c(F)c1. The third kappa shape index (κ3) is 5.64. The number of nitrogens with zero attached hydrogens (tertiary/aromatic N) is 5. The Morgan fingerprint density at radius 1 is 1.15 bits per heavy atom. The molecule has 40 heavy (non-hydrogen) atoms. The van der Waals surface area contributed by atoms with Crippen LogP contribution in [-0.4, -0.2) is 45.5 Å². The Kier molecular flexibility index (Phi) is 7.74. The lowest BCUT2D eigenvalue weighted by atomic mass is 9.87. The number of ether oxygens (including phenoxy) is 1. The number of hydrogen-bond donors (Lipinski definition) is 1. The first-order chi connectivity index (χ1) is 19.2. The first-order valence-corrected chi connectivity index (χ1v) is 14.6. The van der Waals surface area contributed by atoms with E-state index >= 15 is 4.39 Å². The molecule has 1 N–H and O–H groups in total. The van der Waals surface area contributed by atoms with E-state index in [2.05, 4.69) is 25.1 Å². The van der Waals surface area contributed by atoms with Crippen LogP contribution in [-0.2, 0) is 14.8 Å². The van der Waals surface area contributed by atoms with Crippen molar-refractivity contribution >= 4 is 26.8 Å². The van der Waals surface area contributed by atoms with Gasteiger partial charge in [-0.15, -0.1) is 0 Å². The average molecular weight is 569 g/mol. The second kappa shape index (κ2) is 11.2. The van der Waals surface area contributed by atoms with Crippen molar-refractivity contribution < 1.29 is 26.9 Å². The van der Waals surface area contributed by atoms with Gasteiger partial charge in [-0.3, -0.25) is 9.78 Å². The number of halogens is 1. The minimum absolute atomic E-state index is 0.0247. The quantitative estimate of drug-likeness (QED) is 0.318. The number of pyridine rings is 1. The Bertz CT molecular complexity index is 1650. The molecule has 0 aliphatic heterocycles. The first kappa shape index (κ1) is 27.6. The number of rotatable bonds is 8. The lowest BCUT2D eigenvalue weighted by Crippen LogP contribution is -2.29. The molecule has 0 bridgehead atoms. The highest BCUT2D eigenvalue weighted by Crippen LogP contribution is 2.36. The average Bonchev–Trinajstić information content (AvgIpc) is 3.44. The van der Waals surface area contributed by atoms with Crippen molar-refractivity contribution in [3.05, 3.63) is 54.3 Å². The van der Waals surface area contributed by atoms with E-state index in [0.29, 0.717) is 28.5 Å². The molecule has 1 fully saturated rings. The van der Waals surface area contributed by atoms with E-state index in [0.717, 1.165) is 31.7 Å². The Morgan fingerprint density at radius 2 is 1.93 bits per heavy atom. The second-order valence-corrected chi connectivity index (χ2v) is 11.7. The number of hydrogen-bond acceptors (Lipinski definition) is 10. The smallest absolute Gasteiger partial charge is 0.264 e. The molecule has 3 aromatic heterocycles. The largest absolute Gasteiger partial charge is 0.474 e. The van der Waals surface area contributed by atoms with Crippen LogP contribution in [0.1, 0.15) is 76.4 Å². The van der Waals surface area contributed by atoms with Crippen molar-refractivity contribution in [1.29, 1.82) is 0 Å². The van der Waals surface area contributed by atoms with Crippen LogP contribution in [0.15, 0.2) is 46.2 Å².